The number of hydrogen-bond donors (Lipinski definition) is 10. The van der Waals surface area contributed by atoms with Crippen LogP contribution in [0.25, 0.3) is 22.3 Å². The lowest BCUT2D eigenvalue weighted by Gasteiger charge is -2.42. The molecule has 258 valence electrons. The molecule has 0 radical (unpaired) electrons. The summed E-state index contributed by atoms with van der Waals surface area (Å²) in [4.78, 5) is 13.6. The normalized spacial score (nSPS) is 30.8. The number of rotatable bonds is 6. The maximum atomic E-state index is 13.6. The standard InChI is InChI=1S/C27H30O16.3H2O/c1-8-17(32)20(35)22(37)26(40-8)39-7-15-18(33)21(36)23(38)27(42-15)43-25-19(34)16-13(31)5-10(28)6-14(16)41-24(25)9-2-3-11(29)12(30)4-9;;;/h2-6,8,15,17-18,20-23,26-33,35-38H,7H2,1H3;3*1H2/t8-,15-,17-,18-,20+,21+,22+,23-,26?,27+;;;/m1.../s1. The number of hydrogen-bond acceptors (Lipinski definition) is 16. The van der Waals surface area contributed by atoms with Crippen LogP contribution in [0.1, 0.15) is 6.92 Å². The van der Waals surface area contributed by atoms with Crippen LogP contribution in [-0.2, 0) is 14.2 Å². The second-order valence-electron chi connectivity index (χ2n) is 10.3. The zero-order valence-corrected chi connectivity index (χ0v) is 23.8. The first-order valence-corrected chi connectivity index (χ1v) is 13.0. The maximum Gasteiger partial charge on any atom is 0.239 e. The van der Waals surface area contributed by atoms with E-state index in [9.17, 15) is 55.9 Å². The van der Waals surface area contributed by atoms with E-state index in [0.717, 1.165) is 24.3 Å². The van der Waals surface area contributed by atoms with E-state index in [1.54, 1.807) is 0 Å². The fraction of sp³-hybridized carbons (Fsp3) is 0.444. The van der Waals surface area contributed by atoms with E-state index in [1.165, 1.54) is 13.0 Å². The van der Waals surface area contributed by atoms with Gasteiger partial charge in [-0.1, -0.05) is 0 Å². The summed E-state index contributed by atoms with van der Waals surface area (Å²) in [6.45, 7) is 0.818. The molecule has 10 atom stereocenters. The summed E-state index contributed by atoms with van der Waals surface area (Å²) in [5.41, 5.74) is -1.35. The largest absolute Gasteiger partial charge is 0.508 e. The van der Waals surface area contributed by atoms with Crippen molar-refractivity contribution in [2.24, 2.45) is 0 Å². The van der Waals surface area contributed by atoms with Crippen molar-refractivity contribution in [3.63, 3.8) is 0 Å². The molecule has 46 heavy (non-hydrogen) atoms. The summed E-state index contributed by atoms with van der Waals surface area (Å²) in [5.74, 6) is -3.33. The summed E-state index contributed by atoms with van der Waals surface area (Å²) in [7, 11) is 0. The van der Waals surface area contributed by atoms with Gasteiger partial charge in [0, 0.05) is 17.7 Å². The third kappa shape index (κ3) is 6.95. The molecule has 16 N–H and O–H groups in total. The Balaban J connectivity index is 0.00000245. The number of phenols is 4. The summed E-state index contributed by atoms with van der Waals surface area (Å²) in [6, 6.07) is 5.24. The van der Waals surface area contributed by atoms with Crippen LogP contribution in [0.2, 0.25) is 0 Å². The van der Waals surface area contributed by atoms with Crippen LogP contribution in [-0.4, -0.2) is 136 Å². The molecule has 19 nitrogen and oxygen atoms in total. The highest BCUT2D eigenvalue weighted by Gasteiger charge is 2.47. The van der Waals surface area contributed by atoms with Gasteiger partial charge in [0.25, 0.3) is 0 Å². The highest BCUT2D eigenvalue weighted by molar-refractivity contribution is 5.88. The van der Waals surface area contributed by atoms with Crippen molar-refractivity contribution in [1.82, 2.24) is 0 Å². The van der Waals surface area contributed by atoms with Crippen molar-refractivity contribution in [1.29, 1.82) is 0 Å². The molecule has 3 aromatic rings. The summed E-state index contributed by atoms with van der Waals surface area (Å²) in [6.07, 6.45) is -16.2. The van der Waals surface area contributed by atoms with Crippen molar-refractivity contribution in [2.75, 3.05) is 6.61 Å². The molecule has 1 unspecified atom stereocenters. The highest BCUT2D eigenvalue weighted by atomic mass is 16.7. The highest BCUT2D eigenvalue weighted by Crippen LogP contribution is 2.39. The third-order valence-electron chi connectivity index (χ3n) is 7.29. The van der Waals surface area contributed by atoms with Crippen molar-refractivity contribution in [2.45, 2.75) is 68.3 Å². The Bertz CT molecular complexity index is 1540. The van der Waals surface area contributed by atoms with Crippen LogP contribution in [0.5, 0.6) is 28.7 Å². The third-order valence-corrected chi connectivity index (χ3v) is 7.29. The first kappa shape index (κ1) is 38.4. The Morgan fingerprint density at radius 2 is 1.35 bits per heavy atom. The lowest BCUT2D eigenvalue weighted by molar-refractivity contribution is -0.318. The smallest absolute Gasteiger partial charge is 0.239 e. The van der Waals surface area contributed by atoms with Gasteiger partial charge in [0.2, 0.25) is 17.5 Å². The monoisotopic (exact) mass is 664 g/mol. The average Bonchev–Trinajstić information content (AvgIpc) is 2.96. The first-order valence-electron chi connectivity index (χ1n) is 13.0. The van der Waals surface area contributed by atoms with Crippen LogP contribution in [0, 0.1) is 0 Å². The van der Waals surface area contributed by atoms with Crippen LogP contribution >= 0.6 is 0 Å². The molecular formula is C27H36O19. The molecule has 5 rings (SSSR count). The van der Waals surface area contributed by atoms with Gasteiger partial charge in [0.1, 0.15) is 65.2 Å². The SMILES string of the molecule is C[C@H]1OC(OC[C@H]2O[C@@H](Oc3c(-c4ccc(O)c(O)c4)oc4cc(O)cc(O)c4c3=O)[C@H](O)[C@@H](O)[C@@H]2O)[C@@H](O)[C@@H](O)[C@@H]1O.O.O.O. The zero-order chi connectivity index (χ0) is 31.3. The number of ether oxygens (including phenoxy) is 4. The number of phenolic OH excluding ortho intramolecular Hbond substituents is 4. The number of benzene rings is 2. The zero-order valence-electron chi connectivity index (χ0n) is 23.8. The number of aromatic hydroxyl groups is 4. The van der Waals surface area contributed by atoms with Gasteiger partial charge in [-0.15, -0.1) is 0 Å². The number of aliphatic hydroxyl groups is 6. The molecule has 2 aromatic carbocycles. The summed E-state index contributed by atoms with van der Waals surface area (Å²) >= 11 is 0. The molecule has 2 aliphatic rings. The first-order chi connectivity index (χ1) is 20.3. The van der Waals surface area contributed by atoms with Gasteiger partial charge in [-0.3, -0.25) is 4.79 Å². The van der Waals surface area contributed by atoms with E-state index < -0.39 is 113 Å². The Hall–Kier alpha value is -3.83. The van der Waals surface area contributed by atoms with E-state index in [2.05, 4.69) is 0 Å². The van der Waals surface area contributed by atoms with Crippen molar-refractivity contribution < 1.29 is 90.9 Å². The lowest BCUT2D eigenvalue weighted by Crippen LogP contribution is -2.61. The fourth-order valence-electron chi connectivity index (χ4n) is 4.84. The van der Waals surface area contributed by atoms with Gasteiger partial charge in [0.05, 0.1) is 12.7 Å². The van der Waals surface area contributed by atoms with Gasteiger partial charge >= 0.3 is 0 Å². The van der Waals surface area contributed by atoms with Gasteiger partial charge in [-0.25, -0.2) is 0 Å². The molecule has 0 saturated carbocycles. The molecule has 0 amide bonds. The van der Waals surface area contributed by atoms with E-state index in [1.807, 2.05) is 0 Å². The fourth-order valence-corrected chi connectivity index (χ4v) is 4.84. The Morgan fingerprint density at radius 1 is 0.717 bits per heavy atom. The minimum absolute atomic E-state index is 0. The predicted molar refractivity (Wildman–Crippen MR) is 151 cm³/mol. The molecule has 1 aromatic heterocycles. The minimum atomic E-state index is -1.97. The van der Waals surface area contributed by atoms with E-state index in [4.69, 9.17) is 23.4 Å². The second-order valence-corrected chi connectivity index (χ2v) is 10.3. The lowest BCUT2D eigenvalue weighted by atomic mass is 9.98. The Kier molecular flexibility index (Phi) is 12.3. The predicted octanol–water partition coefficient (Wildman–Crippen LogP) is -4.16. The molecule has 2 aliphatic heterocycles. The molecule has 3 heterocycles. The van der Waals surface area contributed by atoms with Crippen LogP contribution in [0.15, 0.2) is 39.5 Å². The van der Waals surface area contributed by atoms with Gasteiger partial charge in [-0.05, 0) is 25.1 Å². The molecule has 19 heteroatoms. The molecule has 0 spiro atoms. The van der Waals surface area contributed by atoms with Crippen LogP contribution in [0.3, 0.4) is 0 Å². The summed E-state index contributed by atoms with van der Waals surface area (Å²) < 4.78 is 27.8. The summed E-state index contributed by atoms with van der Waals surface area (Å²) in [5, 5.41) is 101. The molecular weight excluding hydrogens is 628 g/mol. The molecule has 2 saturated heterocycles. The minimum Gasteiger partial charge on any atom is -0.508 e. The number of aliphatic hydroxyl groups excluding tert-OH is 6. The Labute approximate surface area is 257 Å². The topological polar surface area (TPSA) is 364 Å². The van der Waals surface area contributed by atoms with E-state index in [-0.39, 0.29) is 27.6 Å². The molecule has 0 bridgehead atoms. The van der Waals surface area contributed by atoms with Crippen molar-refractivity contribution in [3.8, 4) is 40.1 Å². The number of fused-ring (bicyclic) bond motifs is 1. The van der Waals surface area contributed by atoms with E-state index >= 15 is 0 Å². The van der Waals surface area contributed by atoms with Gasteiger partial charge in [0.15, 0.2) is 23.5 Å². The van der Waals surface area contributed by atoms with Crippen molar-refractivity contribution >= 4 is 11.0 Å². The van der Waals surface area contributed by atoms with Gasteiger partial charge in [-0.2, -0.15) is 0 Å². The maximum absolute atomic E-state index is 13.6. The average molecular weight is 665 g/mol. The Morgan fingerprint density at radius 3 is 2.00 bits per heavy atom. The molecule has 0 aliphatic carbocycles. The quantitative estimate of drug-likeness (QED) is 0.112. The van der Waals surface area contributed by atoms with Crippen molar-refractivity contribution in [3.05, 3.63) is 40.6 Å². The second kappa shape index (κ2) is 14.7. The van der Waals surface area contributed by atoms with Crippen LogP contribution < -0.4 is 10.2 Å². The van der Waals surface area contributed by atoms with E-state index in [0.29, 0.717) is 0 Å². The molecule has 2 fully saturated rings. The van der Waals surface area contributed by atoms with Crippen LogP contribution in [0.4, 0.5) is 0 Å². The van der Waals surface area contributed by atoms with Gasteiger partial charge < -0.3 is 90.9 Å².